The molecule has 0 saturated carbocycles. The third kappa shape index (κ3) is 9.92. The zero-order valence-electron chi connectivity index (χ0n) is 14.5. The highest BCUT2D eigenvalue weighted by molar-refractivity contribution is 6.27. The number of carboxylic acids is 2. The Balaban J connectivity index is 0.000000823. The molecule has 9 nitrogen and oxygen atoms in total. The zero-order chi connectivity index (χ0) is 19.4. The maximum atomic E-state index is 10.7. The monoisotopic (exact) mass is 356 g/mol. The lowest BCUT2D eigenvalue weighted by atomic mass is 10.2. The average molecular weight is 356 g/mol. The molecule has 0 aliphatic carbocycles. The van der Waals surface area contributed by atoms with E-state index in [1.54, 1.807) is 19.1 Å². The van der Waals surface area contributed by atoms with Crippen LogP contribution in [0.25, 0.3) is 0 Å². The summed E-state index contributed by atoms with van der Waals surface area (Å²) in [6, 6.07) is 5.37. The molecule has 0 heterocycles. The number of nitrogens with zero attached hydrogens (tertiary/aromatic N) is 1. The SMILES string of the molecule is CCC(C)NCCCOc1ccc([N+](=O)[O-])c(C)c1.O=C(O)C(=O)O. The van der Waals surface area contributed by atoms with Crippen LogP contribution >= 0.6 is 0 Å². The Morgan fingerprint density at radius 1 is 1.32 bits per heavy atom. The van der Waals surface area contributed by atoms with Crippen LogP contribution in [0.5, 0.6) is 5.75 Å². The summed E-state index contributed by atoms with van der Waals surface area (Å²) >= 11 is 0. The van der Waals surface area contributed by atoms with Crippen LogP contribution in [0.3, 0.4) is 0 Å². The van der Waals surface area contributed by atoms with Crippen molar-refractivity contribution in [3.05, 3.63) is 33.9 Å². The molecule has 140 valence electrons. The van der Waals surface area contributed by atoms with Crippen molar-refractivity contribution < 1.29 is 29.5 Å². The van der Waals surface area contributed by atoms with E-state index in [-0.39, 0.29) is 10.6 Å². The van der Waals surface area contributed by atoms with Crippen LogP contribution in [0.2, 0.25) is 0 Å². The van der Waals surface area contributed by atoms with Gasteiger partial charge in [0, 0.05) is 17.7 Å². The van der Waals surface area contributed by atoms with Gasteiger partial charge in [-0.25, -0.2) is 9.59 Å². The number of nitrogens with one attached hydrogen (secondary N) is 1. The van der Waals surface area contributed by atoms with Crippen LogP contribution < -0.4 is 10.1 Å². The van der Waals surface area contributed by atoms with Crippen LogP contribution in [-0.2, 0) is 9.59 Å². The van der Waals surface area contributed by atoms with E-state index in [0.717, 1.165) is 19.4 Å². The van der Waals surface area contributed by atoms with E-state index in [0.29, 0.717) is 24.0 Å². The third-order valence-electron chi connectivity index (χ3n) is 3.24. The van der Waals surface area contributed by atoms with Crippen LogP contribution in [0.4, 0.5) is 5.69 Å². The van der Waals surface area contributed by atoms with Gasteiger partial charge in [0.25, 0.3) is 5.69 Å². The Morgan fingerprint density at radius 2 is 1.92 bits per heavy atom. The van der Waals surface area contributed by atoms with Gasteiger partial charge in [0.2, 0.25) is 0 Å². The van der Waals surface area contributed by atoms with Gasteiger partial charge in [-0.2, -0.15) is 0 Å². The quantitative estimate of drug-likeness (QED) is 0.279. The number of carbonyl (C=O) groups is 2. The summed E-state index contributed by atoms with van der Waals surface area (Å²) in [7, 11) is 0. The van der Waals surface area contributed by atoms with Crippen molar-refractivity contribution in [3.63, 3.8) is 0 Å². The molecule has 25 heavy (non-hydrogen) atoms. The number of nitro groups is 1. The lowest BCUT2D eigenvalue weighted by Crippen LogP contribution is -2.27. The van der Waals surface area contributed by atoms with Crippen molar-refractivity contribution in [2.45, 2.75) is 39.7 Å². The molecule has 1 unspecified atom stereocenters. The summed E-state index contributed by atoms with van der Waals surface area (Å²) in [5.41, 5.74) is 0.756. The molecule has 0 bridgehead atoms. The normalized spacial score (nSPS) is 11.0. The molecule has 1 rings (SSSR count). The van der Waals surface area contributed by atoms with Crippen LogP contribution in [0.1, 0.15) is 32.3 Å². The number of hydrogen-bond donors (Lipinski definition) is 3. The van der Waals surface area contributed by atoms with Gasteiger partial charge in [0.1, 0.15) is 5.75 Å². The number of nitro benzene ring substituents is 1. The topological polar surface area (TPSA) is 139 Å². The van der Waals surface area contributed by atoms with Crippen LogP contribution in [0.15, 0.2) is 18.2 Å². The molecule has 0 aromatic heterocycles. The lowest BCUT2D eigenvalue weighted by molar-refractivity contribution is -0.385. The summed E-state index contributed by atoms with van der Waals surface area (Å²) in [5, 5.41) is 28.8. The minimum atomic E-state index is -1.82. The third-order valence-corrected chi connectivity index (χ3v) is 3.24. The minimum Gasteiger partial charge on any atom is -0.494 e. The van der Waals surface area contributed by atoms with Crippen molar-refractivity contribution in [1.29, 1.82) is 0 Å². The smallest absolute Gasteiger partial charge is 0.414 e. The molecule has 0 radical (unpaired) electrons. The van der Waals surface area contributed by atoms with E-state index in [2.05, 4.69) is 19.2 Å². The van der Waals surface area contributed by atoms with Crippen molar-refractivity contribution in [1.82, 2.24) is 5.32 Å². The fraction of sp³-hybridized carbons (Fsp3) is 0.500. The first-order valence-corrected chi connectivity index (χ1v) is 7.76. The number of benzene rings is 1. The van der Waals surface area contributed by atoms with Crippen LogP contribution in [0, 0.1) is 17.0 Å². The Labute approximate surface area is 145 Å². The first-order chi connectivity index (χ1) is 11.7. The number of aryl methyl sites for hydroxylation is 1. The van der Waals surface area contributed by atoms with E-state index in [9.17, 15) is 10.1 Å². The van der Waals surface area contributed by atoms with Gasteiger partial charge in [-0.15, -0.1) is 0 Å². The summed E-state index contributed by atoms with van der Waals surface area (Å²) in [6.45, 7) is 7.55. The van der Waals surface area contributed by atoms with Gasteiger partial charge >= 0.3 is 11.9 Å². The number of carboxylic acid groups (broad SMARTS) is 2. The van der Waals surface area contributed by atoms with Gasteiger partial charge in [-0.05, 0) is 45.4 Å². The van der Waals surface area contributed by atoms with E-state index < -0.39 is 11.9 Å². The summed E-state index contributed by atoms with van der Waals surface area (Å²) < 4.78 is 5.57. The molecule has 3 N–H and O–H groups in total. The average Bonchev–Trinajstić information content (AvgIpc) is 2.54. The molecule has 0 amide bonds. The highest BCUT2D eigenvalue weighted by Gasteiger charge is 2.10. The second-order valence-electron chi connectivity index (χ2n) is 5.28. The fourth-order valence-electron chi connectivity index (χ4n) is 1.68. The first kappa shape index (κ1) is 22.3. The molecule has 0 aliphatic rings. The second kappa shape index (κ2) is 11.8. The predicted octanol–water partition coefficient (Wildman–Crippen LogP) is 2.22. The molecule has 1 aromatic rings. The molecule has 0 spiro atoms. The maximum absolute atomic E-state index is 10.7. The number of aliphatic carboxylic acids is 2. The Morgan fingerprint density at radius 3 is 2.36 bits per heavy atom. The van der Waals surface area contributed by atoms with Gasteiger partial charge < -0.3 is 20.3 Å². The molecule has 0 saturated heterocycles. The van der Waals surface area contributed by atoms with Crippen molar-refractivity contribution >= 4 is 17.6 Å². The minimum absolute atomic E-state index is 0.130. The maximum Gasteiger partial charge on any atom is 0.414 e. The van der Waals surface area contributed by atoms with Gasteiger partial charge in [0.15, 0.2) is 0 Å². The number of ether oxygens (including phenoxy) is 1. The molecule has 1 atom stereocenters. The van der Waals surface area contributed by atoms with Gasteiger partial charge in [-0.3, -0.25) is 10.1 Å². The van der Waals surface area contributed by atoms with Crippen LogP contribution in [-0.4, -0.2) is 46.3 Å². The summed E-state index contributed by atoms with van der Waals surface area (Å²) in [6.07, 6.45) is 2.03. The first-order valence-electron chi connectivity index (χ1n) is 7.76. The fourth-order valence-corrected chi connectivity index (χ4v) is 1.68. The van der Waals surface area contributed by atoms with Gasteiger partial charge in [-0.1, -0.05) is 6.92 Å². The Hall–Kier alpha value is -2.68. The molecular formula is C16H24N2O7. The van der Waals surface area contributed by atoms with E-state index >= 15 is 0 Å². The molecule has 1 aromatic carbocycles. The Bertz CT molecular complexity index is 578. The molecule has 0 fully saturated rings. The molecule has 0 aliphatic heterocycles. The largest absolute Gasteiger partial charge is 0.494 e. The highest BCUT2D eigenvalue weighted by atomic mass is 16.6. The zero-order valence-corrected chi connectivity index (χ0v) is 14.5. The molecular weight excluding hydrogens is 332 g/mol. The molecule has 9 heteroatoms. The number of rotatable bonds is 8. The van der Waals surface area contributed by atoms with Crippen molar-refractivity contribution in [2.24, 2.45) is 0 Å². The lowest BCUT2D eigenvalue weighted by Gasteiger charge is -2.11. The van der Waals surface area contributed by atoms with E-state index in [1.165, 1.54) is 6.07 Å². The summed E-state index contributed by atoms with van der Waals surface area (Å²) in [5.74, 6) is -2.96. The predicted molar refractivity (Wildman–Crippen MR) is 91.0 cm³/mol. The van der Waals surface area contributed by atoms with Gasteiger partial charge in [0.05, 0.1) is 11.5 Å². The Kier molecular flexibility index (Phi) is 10.5. The second-order valence-corrected chi connectivity index (χ2v) is 5.28. The van der Waals surface area contributed by atoms with E-state index in [4.69, 9.17) is 24.5 Å². The number of hydrogen-bond acceptors (Lipinski definition) is 6. The highest BCUT2D eigenvalue weighted by Crippen LogP contribution is 2.22. The standard InChI is InChI=1S/C14H22N2O3.C2H2O4/c1-4-12(3)15-8-5-9-19-13-6-7-14(16(17)18)11(2)10-13;3-1(4)2(5)6/h6-7,10,12,15H,4-5,8-9H2,1-3H3;(H,3,4)(H,5,6). The summed E-state index contributed by atoms with van der Waals surface area (Å²) in [4.78, 5) is 28.5. The van der Waals surface area contributed by atoms with Crippen molar-refractivity contribution in [3.8, 4) is 5.75 Å². The van der Waals surface area contributed by atoms with Crippen molar-refractivity contribution in [2.75, 3.05) is 13.2 Å². The van der Waals surface area contributed by atoms with E-state index in [1.807, 2.05) is 0 Å².